The van der Waals surface area contributed by atoms with Gasteiger partial charge in [-0.2, -0.15) is 5.26 Å². The van der Waals surface area contributed by atoms with Crippen LogP contribution in [0.3, 0.4) is 0 Å². The van der Waals surface area contributed by atoms with Crippen LogP contribution in [-0.4, -0.2) is 10.7 Å². The molecule has 0 aromatic heterocycles. The van der Waals surface area contributed by atoms with E-state index >= 15 is 0 Å². The molecule has 0 heterocycles. The Morgan fingerprint density at radius 1 is 1.55 bits per heavy atom. The van der Waals surface area contributed by atoms with E-state index in [4.69, 9.17) is 5.26 Å². The van der Waals surface area contributed by atoms with E-state index in [0.717, 1.165) is 6.42 Å². The van der Waals surface area contributed by atoms with Crippen LogP contribution >= 0.6 is 0 Å². The van der Waals surface area contributed by atoms with Gasteiger partial charge in [0.15, 0.2) is 5.60 Å². The predicted molar refractivity (Wildman–Crippen MR) is 44.9 cm³/mol. The summed E-state index contributed by atoms with van der Waals surface area (Å²) in [5, 5.41) is 18.2. The highest BCUT2D eigenvalue weighted by Crippen LogP contribution is 2.21. The second-order valence-electron chi connectivity index (χ2n) is 3.21. The Bertz CT molecular complexity index is 150. The average Bonchev–Trinajstić information content (AvgIpc) is 2.04. The zero-order valence-electron chi connectivity index (χ0n) is 7.59. The highest BCUT2D eigenvalue weighted by Gasteiger charge is 2.25. The molecule has 64 valence electrons. The standard InChI is InChI=1S/C9H17NO/c1-4-8(3)6-9(11,5-2)7-10/h8,11H,4-6H2,1-3H3. The molecule has 11 heavy (non-hydrogen) atoms. The lowest BCUT2D eigenvalue weighted by atomic mass is 9.89. The molecule has 0 aromatic rings. The second-order valence-corrected chi connectivity index (χ2v) is 3.21. The molecule has 0 aliphatic heterocycles. The first kappa shape index (κ1) is 10.4. The summed E-state index contributed by atoms with van der Waals surface area (Å²) in [5.74, 6) is 0.430. The van der Waals surface area contributed by atoms with Gasteiger partial charge in [0.2, 0.25) is 0 Å². The van der Waals surface area contributed by atoms with Crippen molar-refractivity contribution in [3.8, 4) is 6.07 Å². The third kappa shape index (κ3) is 3.38. The monoisotopic (exact) mass is 155 g/mol. The summed E-state index contributed by atoms with van der Waals surface area (Å²) in [7, 11) is 0. The van der Waals surface area contributed by atoms with E-state index in [2.05, 4.69) is 13.8 Å². The summed E-state index contributed by atoms with van der Waals surface area (Å²) in [6, 6.07) is 1.95. The van der Waals surface area contributed by atoms with Gasteiger partial charge in [-0.1, -0.05) is 27.2 Å². The van der Waals surface area contributed by atoms with Gasteiger partial charge in [-0.15, -0.1) is 0 Å². The lowest BCUT2D eigenvalue weighted by Crippen LogP contribution is -2.27. The topological polar surface area (TPSA) is 44.0 Å². The van der Waals surface area contributed by atoms with Crippen molar-refractivity contribution < 1.29 is 5.11 Å². The SMILES string of the molecule is CCC(C)CC(O)(C#N)CC. The molecule has 2 nitrogen and oxygen atoms in total. The van der Waals surface area contributed by atoms with Crippen molar-refractivity contribution in [2.45, 2.75) is 45.6 Å². The highest BCUT2D eigenvalue weighted by molar-refractivity contribution is 4.99. The summed E-state index contributed by atoms with van der Waals surface area (Å²) in [6.45, 7) is 5.96. The van der Waals surface area contributed by atoms with Crippen LogP contribution in [0.4, 0.5) is 0 Å². The Hall–Kier alpha value is -0.550. The fourth-order valence-corrected chi connectivity index (χ4v) is 0.990. The average molecular weight is 155 g/mol. The van der Waals surface area contributed by atoms with E-state index in [1.165, 1.54) is 0 Å². The van der Waals surface area contributed by atoms with E-state index in [0.29, 0.717) is 18.8 Å². The van der Waals surface area contributed by atoms with Gasteiger partial charge < -0.3 is 5.11 Å². The molecular weight excluding hydrogens is 138 g/mol. The second kappa shape index (κ2) is 4.35. The first-order valence-electron chi connectivity index (χ1n) is 4.21. The third-order valence-electron chi connectivity index (χ3n) is 2.18. The lowest BCUT2D eigenvalue weighted by molar-refractivity contribution is 0.0687. The number of nitrogens with zero attached hydrogens (tertiary/aromatic N) is 1. The molecule has 0 amide bonds. The van der Waals surface area contributed by atoms with Gasteiger partial charge in [-0.25, -0.2) is 0 Å². The minimum atomic E-state index is -1.09. The van der Waals surface area contributed by atoms with Gasteiger partial charge in [-0.05, 0) is 18.8 Å². The predicted octanol–water partition coefficient (Wildman–Crippen LogP) is 2.09. The first-order valence-corrected chi connectivity index (χ1v) is 4.21. The molecule has 0 rings (SSSR count). The minimum absolute atomic E-state index is 0.430. The molecule has 2 unspecified atom stereocenters. The van der Waals surface area contributed by atoms with Crippen molar-refractivity contribution in [1.29, 1.82) is 5.26 Å². The van der Waals surface area contributed by atoms with Crippen LogP contribution < -0.4 is 0 Å². The van der Waals surface area contributed by atoms with Crippen LogP contribution in [0.1, 0.15) is 40.0 Å². The largest absolute Gasteiger partial charge is 0.375 e. The Morgan fingerprint density at radius 2 is 2.09 bits per heavy atom. The Morgan fingerprint density at radius 3 is 2.36 bits per heavy atom. The molecule has 0 aliphatic rings. The summed E-state index contributed by atoms with van der Waals surface area (Å²) in [6.07, 6.45) is 2.13. The Kier molecular flexibility index (Phi) is 4.14. The van der Waals surface area contributed by atoms with E-state index < -0.39 is 5.60 Å². The number of aliphatic hydroxyl groups is 1. The number of hydrogen-bond donors (Lipinski definition) is 1. The fraction of sp³-hybridized carbons (Fsp3) is 0.889. The van der Waals surface area contributed by atoms with Crippen LogP contribution in [-0.2, 0) is 0 Å². The van der Waals surface area contributed by atoms with Crippen LogP contribution in [0.5, 0.6) is 0 Å². The van der Waals surface area contributed by atoms with Crippen molar-refractivity contribution in [3.05, 3.63) is 0 Å². The van der Waals surface area contributed by atoms with Gasteiger partial charge in [0.05, 0.1) is 6.07 Å². The molecule has 0 spiro atoms. The van der Waals surface area contributed by atoms with Crippen LogP contribution in [0, 0.1) is 17.2 Å². The molecule has 2 heteroatoms. The summed E-state index contributed by atoms with van der Waals surface area (Å²) >= 11 is 0. The van der Waals surface area contributed by atoms with Crippen molar-refractivity contribution in [3.63, 3.8) is 0 Å². The molecule has 0 saturated carbocycles. The van der Waals surface area contributed by atoms with Crippen molar-refractivity contribution >= 4 is 0 Å². The van der Waals surface area contributed by atoms with Crippen LogP contribution in [0.15, 0.2) is 0 Å². The lowest BCUT2D eigenvalue weighted by Gasteiger charge is -2.21. The van der Waals surface area contributed by atoms with Crippen molar-refractivity contribution in [2.75, 3.05) is 0 Å². The van der Waals surface area contributed by atoms with Gasteiger partial charge in [0.1, 0.15) is 0 Å². The van der Waals surface area contributed by atoms with E-state index in [1.807, 2.05) is 13.0 Å². The van der Waals surface area contributed by atoms with Gasteiger partial charge in [-0.3, -0.25) is 0 Å². The third-order valence-corrected chi connectivity index (χ3v) is 2.18. The van der Waals surface area contributed by atoms with Crippen molar-refractivity contribution in [2.24, 2.45) is 5.92 Å². The molecule has 0 fully saturated rings. The molecule has 0 aliphatic carbocycles. The molecular formula is C9H17NO. The van der Waals surface area contributed by atoms with Crippen molar-refractivity contribution in [1.82, 2.24) is 0 Å². The maximum Gasteiger partial charge on any atom is 0.151 e. The van der Waals surface area contributed by atoms with E-state index in [1.54, 1.807) is 0 Å². The van der Waals surface area contributed by atoms with Crippen LogP contribution in [0.25, 0.3) is 0 Å². The summed E-state index contributed by atoms with van der Waals surface area (Å²) < 4.78 is 0. The summed E-state index contributed by atoms with van der Waals surface area (Å²) in [4.78, 5) is 0. The first-order chi connectivity index (χ1) is 5.08. The zero-order chi connectivity index (χ0) is 8.91. The zero-order valence-corrected chi connectivity index (χ0v) is 7.59. The Balaban J connectivity index is 3.99. The normalized spacial score (nSPS) is 18.5. The number of rotatable bonds is 4. The molecule has 0 bridgehead atoms. The molecule has 0 saturated heterocycles. The van der Waals surface area contributed by atoms with Gasteiger partial charge in [0.25, 0.3) is 0 Å². The molecule has 0 aromatic carbocycles. The molecule has 2 atom stereocenters. The van der Waals surface area contributed by atoms with Gasteiger partial charge >= 0.3 is 0 Å². The fourth-order valence-electron chi connectivity index (χ4n) is 0.990. The van der Waals surface area contributed by atoms with Gasteiger partial charge in [0, 0.05) is 0 Å². The minimum Gasteiger partial charge on any atom is -0.375 e. The highest BCUT2D eigenvalue weighted by atomic mass is 16.3. The quantitative estimate of drug-likeness (QED) is 0.632. The van der Waals surface area contributed by atoms with Crippen LogP contribution in [0.2, 0.25) is 0 Å². The Labute approximate surface area is 68.8 Å². The van der Waals surface area contributed by atoms with E-state index in [9.17, 15) is 5.11 Å². The summed E-state index contributed by atoms with van der Waals surface area (Å²) in [5.41, 5.74) is -1.09. The van der Waals surface area contributed by atoms with E-state index in [-0.39, 0.29) is 0 Å². The number of nitriles is 1. The smallest absolute Gasteiger partial charge is 0.151 e. The molecule has 0 radical (unpaired) electrons. The maximum absolute atomic E-state index is 9.57. The molecule has 1 N–H and O–H groups in total. The number of hydrogen-bond acceptors (Lipinski definition) is 2. The maximum atomic E-state index is 9.57.